The van der Waals surface area contributed by atoms with Crippen molar-refractivity contribution in [2.75, 3.05) is 20.3 Å². The standard InChI is InChI=1S/C12H15Cl2NO3/c1-3-18-12(16)15-5-4-8-6-10(14)11(17-2)7-9(8)13/h6-7H,3-5H2,1-2H3,(H,15,16). The minimum atomic E-state index is -0.437. The van der Waals surface area contributed by atoms with Crippen LogP contribution in [0.4, 0.5) is 4.79 Å². The third-order valence-corrected chi connectivity index (χ3v) is 2.91. The normalized spacial score (nSPS) is 10.0. The molecule has 1 aromatic carbocycles. The highest BCUT2D eigenvalue weighted by atomic mass is 35.5. The van der Waals surface area contributed by atoms with Gasteiger partial charge in [-0.1, -0.05) is 23.2 Å². The van der Waals surface area contributed by atoms with Crippen LogP contribution in [0.1, 0.15) is 12.5 Å². The summed E-state index contributed by atoms with van der Waals surface area (Å²) in [6.45, 7) is 2.53. The van der Waals surface area contributed by atoms with E-state index in [1.165, 1.54) is 7.11 Å². The smallest absolute Gasteiger partial charge is 0.407 e. The van der Waals surface area contributed by atoms with Gasteiger partial charge in [-0.25, -0.2) is 4.79 Å². The summed E-state index contributed by atoms with van der Waals surface area (Å²) in [7, 11) is 1.53. The van der Waals surface area contributed by atoms with Gasteiger partial charge in [0.05, 0.1) is 18.7 Å². The molecule has 0 spiro atoms. The predicted octanol–water partition coefficient (Wildman–Crippen LogP) is 3.29. The zero-order valence-electron chi connectivity index (χ0n) is 10.3. The second kappa shape index (κ2) is 7.34. The van der Waals surface area contributed by atoms with E-state index >= 15 is 0 Å². The summed E-state index contributed by atoms with van der Waals surface area (Å²) >= 11 is 12.1. The van der Waals surface area contributed by atoms with Gasteiger partial charge in [-0.05, 0) is 25.0 Å². The molecule has 18 heavy (non-hydrogen) atoms. The Morgan fingerprint density at radius 3 is 2.67 bits per heavy atom. The minimum Gasteiger partial charge on any atom is -0.495 e. The monoisotopic (exact) mass is 291 g/mol. The fourth-order valence-electron chi connectivity index (χ4n) is 1.40. The maximum atomic E-state index is 11.1. The lowest BCUT2D eigenvalue weighted by Crippen LogP contribution is -2.26. The van der Waals surface area contributed by atoms with Crippen LogP contribution in [0.2, 0.25) is 10.0 Å². The van der Waals surface area contributed by atoms with E-state index in [2.05, 4.69) is 5.32 Å². The number of ether oxygens (including phenoxy) is 2. The quantitative estimate of drug-likeness (QED) is 0.906. The van der Waals surface area contributed by atoms with Crippen LogP contribution in [0.15, 0.2) is 12.1 Å². The molecule has 0 aliphatic carbocycles. The van der Waals surface area contributed by atoms with Gasteiger partial charge in [-0.3, -0.25) is 0 Å². The zero-order chi connectivity index (χ0) is 13.5. The maximum Gasteiger partial charge on any atom is 0.407 e. The first-order chi connectivity index (χ1) is 8.58. The molecule has 1 rings (SSSR count). The van der Waals surface area contributed by atoms with E-state index in [9.17, 15) is 4.79 Å². The van der Waals surface area contributed by atoms with E-state index in [0.29, 0.717) is 35.4 Å². The van der Waals surface area contributed by atoms with E-state index in [4.69, 9.17) is 32.7 Å². The molecule has 0 aliphatic heterocycles. The number of nitrogens with one attached hydrogen (secondary N) is 1. The van der Waals surface area contributed by atoms with Crippen molar-refractivity contribution in [1.82, 2.24) is 5.32 Å². The molecule has 0 aromatic heterocycles. The van der Waals surface area contributed by atoms with Crippen LogP contribution in [0.25, 0.3) is 0 Å². The number of hydrogen-bond acceptors (Lipinski definition) is 3. The molecule has 0 atom stereocenters. The molecule has 1 amide bonds. The average molecular weight is 292 g/mol. The second-order valence-electron chi connectivity index (χ2n) is 3.48. The Balaban J connectivity index is 2.57. The number of carbonyl (C=O) groups is 1. The molecule has 1 N–H and O–H groups in total. The molecular formula is C12H15Cl2NO3. The number of rotatable bonds is 5. The topological polar surface area (TPSA) is 47.6 Å². The Morgan fingerprint density at radius 1 is 1.33 bits per heavy atom. The minimum absolute atomic E-state index is 0.348. The molecule has 0 fully saturated rings. The number of methoxy groups -OCH3 is 1. The van der Waals surface area contributed by atoms with Crippen molar-refractivity contribution in [3.63, 3.8) is 0 Å². The van der Waals surface area contributed by atoms with Crippen LogP contribution in [0.3, 0.4) is 0 Å². The molecule has 0 saturated heterocycles. The predicted molar refractivity (Wildman–Crippen MR) is 71.7 cm³/mol. The maximum absolute atomic E-state index is 11.1. The molecular weight excluding hydrogens is 277 g/mol. The Hall–Kier alpha value is -1.13. The van der Waals surface area contributed by atoms with Crippen LogP contribution in [-0.2, 0) is 11.2 Å². The lowest BCUT2D eigenvalue weighted by molar-refractivity contribution is 0.152. The SMILES string of the molecule is CCOC(=O)NCCc1cc(Cl)c(OC)cc1Cl. The van der Waals surface area contributed by atoms with Gasteiger partial charge in [0.1, 0.15) is 5.75 Å². The molecule has 0 bridgehead atoms. The van der Waals surface area contributed by atoms with Crippen molar-refractivity contribution in [1.29, 1.82) is 0 Å². The fourth-order valence-corrected chi connectivity index (χ4v) is 1.91. The lowest BCUT2D eigenvalue weighted by atomic mass is 10.1. The van der Waals surface area contributed by atoms with Crippen LogP contribution in [-0.4, -0.2) is 26.4 Å². The van der Waals surface area contributed by atoms with Crippen molar-refractivity contribution < 1.29 is 14.3 Å². The van der Waals surface area contributed by atoms with Gasteiger partial charge in [0.15, 0.2) is 0 Å². The Morgan fingerprint density at radius 2 is 2.06 bits per heavy atom. The summed E-state index contributed by atoms with van der Waals surface area (Å²) in [4.78, 5) is 11.1. The molecule has 1 aromatic rings. The summed E-state index contributed by atoms with van der Waals surface area (Å²) in [6.07, 6.45) is 0.134. The van der Waals surface area contributed by atoms with Crippen molar-refractivity contribution in [2.45, 2.75) is 13.3 Å². The molecule has 0 saturated carbocycles. The Kier molecular flexibility index (Phi) is 6.09. The Labute approximate surface area is 116 Å². The summed E-state index contributed by atoms with van der Waals surface area (Å²) < 4.78 is 9.79. The van der Waals surface area contributed by atoms with Gasteiger partial charge in [0.2, 0.25) is 0 Å². The molecule has 4 nitrogen and oxygen atoms in total. The van der Waals surface area contributed by atoms with Crippen molar-refractivity contribution in [2.24, 2.45) is 0 Å². The zero-order valence-corrected chi connectivity index (χ0v) is 11.8. The number of hydrogen-bond donors (Lipinski definition) is 1. The van der Waals surface area contributed by atoms with Gasteiger partial charge in [-0.15, -0.1) is 0 Å². The van der Waals surface area contributed by atoms with Crippen LogP contribution >= 0.6 is 23.2 Å². The number of alkyl carbamates (subject to hydrolysis) is 1. The molecule has 0 unspecified atom stereocenters. The molecule has 0 radical (unpaired) electrons. The highest BCUT2D eigenvalue weighted by Crippen LogP contribution is 2.30. The summed E-state index contributed by atoms with van der Waals surface area (Å²) in [5, 5.41) is 3.66. The van der Waals surface area contributed by atoms with Crippen molar-refractivity contribution >= 4 is 29.3 Å². The number of halogens is 2. The van der Waals surface area contributed by atoms with E-state index in [1.54, 1.807) is 19.1 Å². The first kappa shape index (κ1) is 14.9. The van der Waals surface area contributed by atoms with Crippen LogP contribution < -0.4 is 10.1 Å². The highest BCUT2D eigenvalue weighted by molar-refractivity contribution is 6.34. The van der Waals surface area contributed by atoms with Crippen molar-refractivity contribution in [3.05, 3.63) is 27.7 Å². The Bertz CT molecular complexity index is 424. The van der Waals surface area contributed by atoms with Gasteiger partial charge < -0.3 is 14.8 Å². The van der Waals surface area contributed by atoms with Crippen LogP contribution in [0, 0.1) is 0 Å². The lowest BCUT2D eigenvalue weighted by Gasteiger charge is -2.09. The summed E-state index contributed by atoms with van der Waals surface area (Å²) in [5.41, 5.74) is 0.847. The van der Waals surface area contributed by atoms with E-state index in [0.717, 1.165) is 5.56 Å². The van der Waals surface area contributed by atoms with E-state index in [1.807, 2.05) is 0 Å². The van der Waals surface area contributed by atoms with E-state index in [-0.39, 0.29) is 0 Å². The highest BCUT2D eigenvalue weighted by Gasteiger charge is 2.08. The molecule has 0 heterocycles. The summed E-state index contributed by atoms with van der Waals surface area (Å²) in [6, 6.07) is 3.39. The molecule has 0 aliphatic rings. The first-order valence-corrected chi connectivity index (χ1v) is 6.26. The average Bonchev–Trinajstić information content (AvgIpc) is 2.33. The first-order valence-electron chi connectivity index (χ1n) is 5.51. The third kappa shape index (κ3) is 4.27. The van der Waals surface area contributed by atoms with Crippen molar-refractivity contribution in [3.8, 4) is 5.75 Å². The molecule has 6 heteroatoms. The number of benzene rings is 1. The summed E-state index contributed by atoms with van der Waals surface area (Å²) in [5.74, 6) is 0.531. The second-order valence-corrected chi connectivity index (χ2v) is 4.29. The van der Waals surface area contributed by atoms with Gasteiger partial charge in [0.25, 0.3) is 0 Å². The third-order valence-electron chi connectivity index (χ3n) is 2.26. The fraction of sp³-hybridized carbons (Fsp3) is 0.417. The number of carbonyl (C=O) groups excluding carboxylic acids is 1. The number of amides is 1. The van der Waals surface area contributed by atoms with Gasteiger partial charge >= 0.3 is 6.09 Å². The van der Waals surface area contributed by atoms with Crippen LogP contribution in [0.5, 0.6) is 5.75 Å². The molecule has 100 valence electrons. The van der Waals surface area contributed by atoms with E-state index < -0.39 is 6.09 Å². The largest absolute Gasteiger partial charge is 0.495 e. The van der Waals surface area contributed by atoms with Gasteiger partial charge in [0, 0.05) is 17.6 Å². The van der Waals surface area contributed by atoms with Gasteiger partial charge in [-0.2, -0.15) is 0 Å².